The van der Waals surface area contributed by atoms with E-state index in [0.29, 0.717) is 0 Å². The second-order valence-electron chi connectivity index (χ2n) is 2.47. The third-order valence-electron chi connectivity index (χ3n) is 1.68. The van der Waals surface area contributed by atoms with Gasteiger partial charge in [-0.1, -0.05) is 0 Å². The van der Waals surface area contributed by atoms with Crippen molar-refractivity contribution in [1.29, 1.82) is 0 Å². The van der Waals surface area contributed by atoms with Gasteiger partial charge in [-0.05, 0) is 13.3 Å². The molecular formula is C6H11NOS. The molecule has 0 aromatic heterocycles. The number of carbonyl (C=O) groups is 1. The van der Waals surface area contributed by atoms with Crippen molar-refractivity contribution >= 4 is 18.4 Å². The number of nitrogens with one attached hydrogen (secondary N) is 1. The van der Waals surface area contributed by atoms with Crippen LogP contribution in [0.2, 0.25) is 0 Å². The second kappa shape index (κ2) is 2.71. The van der Waals surface area contributed by atoms with E-state index in [1.165, 1.54) is 0 Å². The fourth-order valence-corrected chi connectivity index (χ4v) is 1.38. The van der Waals surface area contributed by atoms with Gasteiger partial charge in [-0.15, -0.1) is 0 Å². The van der Waals surface area contributed by atoms with E-state index in [2.05, 4.69) is 17.9 Å². The highest BCUT2D eigenvalue weighted by molar-refractivity contribution is 7.80. The molecule has 1 N–H and O–H groups in total. The van der Waals surface area contributed by atoms with Crippen LogP contribution in [0, 0.1) is 5.92 Å². The van der Waals surface area contributed by atoms with Crippen molar-refractivity contribution in [2.75, 3.05) is 6.54 Å². The number of ketones is 1. The van der Waals surface area contributed by atoms with Crippen LogP contribution in [0.4, 0.5) is 0 Å². The van der Waals surface area contributed by atoms with Crippen molar-refractivity contribution in [2.45, 2.75) is 18.7 Å². The van der Waals surface area contributed by atoms with Crippen LogP contribution in [0.3, 0.4) is 0 Å². The number of thiol groups is 1. The maximum absolute atomic E-state index is 10.7. The Labute approximate surface area is 60.4 Å². The third kappa shape index (κ3) is 1.69. The summed E-state index contributed by atoms with van der Waals surface area (Å²) in [6, 6.07) is 0. The molecule has 0 spiro atoms. The average molecular weight is 145 g/mol. The van der Waals surface area contributed by atoms with E-state index < -0.39 is 0 Å². The molecule has 0 aliphatic carbocycles. The highest BCUT2D eigenvalue weighted by Gasteiger charge is 2.24. The van der Waals surface area contributed by atoms with Gasteiger partial charge in [0, 0.05) is 12.5 Å². The predicted octanol–water partition coefficient (Wildman–Crippen LogP) is 0.441. The van der Waals surface area contributed by atoms with Gasteiger partial charge < -0.3 is 5.32 Å². The molecule has 1 aliphatic rings. The lowest BCUT2D eigenvalue weighted by Gasteiger charge is -1.99. The van der Waals surface area contributed by atoms with Crippen molar-refractivity contribution in [1.82, 2.24) is 5.32 Å². The van der Waals surface area contributed by atoms with Crippen molar-refractivity contribution in [3.05, 3.63) is 0 Å². The molecule has 0 saturated carbocycles. The van der Waals surface area contributed by atoms with E-state index >= 15 is 0 Å². The van der Waals surface area contributed by atoms with Crippen LogP contribution in [0.1, 0.15) is 13.3 Å². The first-order valence-electron chi connectivity index (χ1n) is 3.12. The van der Waals surface area contributed by atoms with Crippen molar-refractivity contribution in [3.8, 4) is 0 Å². The first-order valence-corrected chi connectivity index (χ1v) is 3.63. The summed E-state index contributed by atoms with van der Waals surface area (Å²) >= 11 is 4.18. The normalized spacial score (nSPS) is 34.9. The minimum Gasteiger partial charge on any atom is -0.305 e. The Bertz CT molecular complexity index is 126. The van der Waals surface area contributed by atoms with E-state index in [0.717, 1.165) is 13.0 Å². The summed E-state index contributed by atoms with van der Waals surface area (Å²) in [5.41, 5.74) is 0. The molecule has 0 amide bonds. The number of Topliss-reactive ketones (excluding diaryl/α,β-unsaturated/α-hetero) is 1. The first kappa shape index (κ1) is 7.09. The molecule has 0 aromatic rings. The monoisotopic (exact) mass is 145 g/mol. The number of hydrogen-bond donors (Lipinski definition) is 2. The fourth-order valence-electron chi connectivity index (χ4n) is 1.02. The maximum atomic E-state index is 10.7. The summed E-state index contributed by atoms with van der Waals surface area (Å²) < 4.78 is 0. The number of rotatable bonds is 1. The molecular weight excluding hydrogens is 134 g/mol. The Morgan fingerprint density at radius 2 is 2.44 bits per heavy atom. The Hall–Kier alpha value is -0.0200. The molecule has 52 valence electrons. The molecule has 2 unspecified atom stereocenters. The van der Waals surface area contributed by atoms with Crippen molar-refractivity contribution < 1.29 is 4.79 Å². The molecule has 1 aliphatic heterocycles. The third-order valence-corrected chi connectivity index (χ3v) is 2.08. The van der Waals surface area contributed by atoms with Gasteiger partial charge >= 0.3 is 0 Å². The highest BCUT2D eigenvalue weighted by Crippen LogP contribution is 2.16. The smallest absolute Gasteiger partial charge is 0.134 e. The largest absolute Gasteiger partial charge is 0.305 e. The van der Waals surface area contributed by atoms with Crippen LogP contribution in [0.15, 0.2) is 0 Å². The van der Waals surface area contributed by atoms with Gasteiger partial charge in [0.05, 0.1) is 5.37 Å². The molecule has 3 heteroatoms. The molecule has 1 rings (SSSR count). The van der Waals surface area contributed by atoms with E-state index in [1.54, 1.807) is 6.92 Å². The van der Waals surface area contributed by atoms with Gasteiger partial charge in [0.15, 0.2) is 0 Å². The Kier molecular flexibility index (Phi) is 2.13. The van der Waals surface area contributed by atoms with Crippen LogP contribution in [-0.4, -0.2) is 17.7 Å². The van der Waals surface area contributed by atoms with Gasteiger partial charge in [0.25, 0.3) is 0 Å². The highest BCUT2D eigenvalue weighted by atomic mass is 32.1. The van der Waals surface area contributed by atoms with Gasteiger partial charge in [-0.3, -0.25) is 4.79 Å². The molecule has 0 aromatic carbocycles. The van der Waals surface area contributed by atoms with E-state index in [1.807, 2.05) is 0 Å². The first-order chi connectivity index (χ1) is 4.20. The van der Waals surface area contributed by atoms with Gasteiger partial charge in [0.2, 0.25) is 0 Å². The predicted molar refractivity (Wildman–Crippen MR) is 39.6 cm³/mol. The molecule has 1 saturated heterocycles. The minimum atomic E-state index is 0.215. The van der Waals surface area contributed by atoms with Crippen LogP contribution in [0.5, 0.6) is 0 Å². The molecule has 2 nitrogen and oxygen atoms in total. The van der Waals surface area contributed by atoms with Gasteiger partial charge in [-0.2, -0.15) is 12.6 Å². The molecule has 9 heavy (non-hydrogen) atoms. The van der Waals surface area contributed by atoms with Crippen LogP contribution < -0.4 is 5.32 Å². The van der Waals surface area contributed by atoms with Crippen molar-refractivity contribution in [3.63, 3.8) is 0 Å². The van der Waals surface area contributed by atoms with E-state index in [-0.39, 0.29) is 17.1 Å². The van der Waals surface area contributed by atoms with Crippen molar-refractivity contribution in [2.24, 2.45) is 5.92 Å². The Morgan fingerprint density at radius 3 is 2.67 bits per heavy atom. The summed E-state index contributed by atoms with van der Waals surface area (Å²) in [4.78, 5) is 10.7. The molecule has 1 heterocycles. The Morgan fingerprint density at radius 1 is 1.78 bits per heavy atom. The molecule has 0 radical (unpaired) electrons. The number of carbonyl (C=O) groups excluding carboxylic acids is 1. The lowest BCUT2D eigenvalue weighted by Crippen LogP contribution is -2.16. The molecule has 2 atom stereocenters. The van der Waals surface area contributed by atoms with Crippen LogP contribution in [0.25, 0.3) is 0 Å². The quantitative estimate of drug-likeness (QED) is 0.524. The molecule has 0 bridgehead atoms. The molecule has 1 fully saturated rings. The van der Waals surface area contributed by atoms with Crippen LogP contribution in [-0.2, 0) is 4.79 Å². The summed E-state index contributed by atoms with van der Waals surface area (Å²) in [6.45, 7) is 2.45. The lowest BCUT2D eigenvalue weighted by molar-refractivity contribution is -0.120. The summed E-state index contributed by atoms with van der Waals surface area (Å²) in [5, 5.41) is 3.33. The zero-order valence-electron chi connectivity index (χ0n) is 5.42. The summed E-state index contributed by atoms with van der Waals surface area (Å²) in [7, 11) is 0. The lowest BCUT2D eigenvalue weighted by atomic mass is 10.1. The topological polar surface area (TPSA) is 29.1 Å². The SMILES string of the molecule is CC(=O)C1CNC(S)C1. The van der Waals surface area contributed by atoms with E-state index in [9.17, 15) is 4.79 Å². The zero-order chi connectivity index (χ0) is 6.85. The number of hydrogen-bond acceptors (Lipinski definition) is 3. The standard InChI is InChI=1S/C6H11NOS/c1-4(8)5-2-6(9)7-3-5/h5-7,9H,2-3H2,1H3. The average Bonchev–Trinajstić information content (AvgIpc) is 2.14. The Balaban J connectivity index is 2.39. The second-order valence-corrected chi connectivity index (χ2v) is 3.09. The zero-order valence-corrected chi connectivity index (χ0v) is 6.32. The van der Waals surface area contributed by atoms with E-state index in [4.69, 9.17) is 0 Å². The maximum Gasteiger partial charge on any atom is 0.134 e. The fraction of sp³-hybridized carbons (Fsp3) is 0.833. The minimum absolute atomic E-state index is 0.215. The summed E-state index contributed by atoms with van der Waals surface area (Å²) in [5.74, 6) is 0.492. The summed E-state index contributed by atoms with van der Waals surface area (Å²) in [6.07, 6.45) is 0.887. The van der Waals surface area contributed by atoms with Crippen LogP contribution >= 0.6 is 12.6 Å². The van der Waals surface area contributed by atoms with Gasteiger partial charge in [0.1, 0.15) is 5.78 Å². The van der Waals surface area contributed by atoms with Gasteiger partial charge in [-0.25, -0.2) is 0 Å².